The molecule has 4 rings (SSSR count). The van der Waals surface area contributed by atoms with Crippen LogP contribution in [0.25, 0.3) is 0 Å². The summed E-state index contributed by atoms with van der Waals surface area (Å²) in [5.74, 6) is 2.54. The lowest BCUT2D eigenvalue weighted by Gasteiger charge is -2.33. The van der Waals surface area contributed by atoms with Gasteiger partial charge in [-0.1, -0.05) is 63.6 Å². The van der Waals surface area contributed by atoms with Crippen molar-refractivity contribution in [3.05, 3.63) is 75.9 Å². The first kappa shape index (κ1) is 29.0. The Morgan fingerprint density at radius 2 is 1.73 bits per heavy atom. The van der Waals surface area contributed by atoms with Crippen LogP contribution in [0.1, 0.15) is 56.0 Å². The second-order valence-electron chi connectivity index (χ2n) is 10.4. The van der Waals surface area contributed by atoms with Crippen LogP contribution in [0, 0.1) is 12.8 Å². The number of hydrogen-bond acceptors (Lipinski definition) is 4. The maximum Gasteiger partial charge on any atom is 0.242 e. The lowest BCUT2D eigenvalue weighted by Crippen LogP contribution is -2.50. The summed E-state index contributed by atoms with van der Waals surface area (Å²) in [6, 6.07) is 16.4. The second-order valence-corrected chi connectivity index (χ2v) is 10.8. The van der Waals surface area contributed by atoms with Crippen molar-refractivity contribution in [2.45, 2.75) is 53.6 Å². The van der Waals surface area contributed by atoms with Crippen LogP contribution < -0.4 is 9.64 Å². The molecule has 0 spiro atoms. The molecule has 1 amide bonds. The third kappa shape index (κ3) is 7.50. The molecule has 0 radical (unpaired) electrons. The third-order valence-corrected chi connectivity index (χ3v) is 6.75. The Hall–Kier alpha value is -2.54. The van der Waals surface area contributed by atoms with Crippen molar-refractivity contribution in [2.75, 3.05) is 31.1 Å². The SMILES string of the molecule is Cc1cc(N2CCN(Cc3ccc(C(C)C)cc3)CC2=O)nn1Cc1cc(Cl)ccc1OCC(C)C.Cl. The van der Waals surface area contributed by atoms with E-state index >= 15 is 0 Å². The van der Waals surface area contributed by atoms with E-state index in [2.05, 4.69) is 56.9 Å². The standard InChI is InChI=1S/C29H37ClN4O2.ClH/c1-20(2)19-36-27-11-10-26(30)15-25(27)17-34-22(5)14-28(31-34)33-13-12-32(18-29(33)35)16-23-6-8-24(9-7-23)21(3)4;/h6-11,14-15,20-21H,12-13,16-19H2,1-5H3;1H. The van der Waals surface area contributed by atoms with Gasteiger partial charge in [0.25, 0.3) is 0 Å². The number of piperazine rings is 1. The molecule has 1 aromatic heterocycles. The summed E-state index contributed by atoms with van der Waals surface area (Å²) in [5.41, 5.74) is 4.53. The van der Waals surface area contributed by atoms with Gasteiger partial charge in [-0.3, -0.25) is 19.3 Å². The Balaban J connectivity index is 0.00000380. The summed E-state index contributed by atoms with van der Waals surface area (Å²) in [7, 11) is 0. The number of aryl methyl sites for hydroxylation is 1. The fraction of sp³-hybridized carbons (Fsp3) is 0.448. The predicted octanol–water partition coefficient (Wildman–Crippen LogP) is 6.32. The Labute approximate surface area is 232 Å². The molecule has 0 aliphatic carbocycles. The van der Waals surface area contributed by atoms with Gasteiger partial charge in [0.15, 0.2) is 5.82 Å². The fourth-order valence-electron chi connectivity index (χ4n) is 4.38. The van der Waals surface area contributed by atoms with E-state index in [-0.39, 0.29) is 18.3 Å². The van der Waals surface area contributed by atoms with Crippen LogP contribution in [-0.2, 0) is 17.9 Å². The third-order valence-electron chi connectivity index (χ3n) is 6.51. The smallest absolute Gasteiger partial charge is 0.242 e. The number of aromatic nitrogens is 2. The average Bonchev–Trinajstić information content (AvgIpc) is 3.18. The summed E-state index contributed by atoms with van der Waals surface area (Å²) in [6.07, 6.45) is 0. The van der Waals surface area contributed by atoms with Gasteiger partial charge in [0.1, 0.15) is 5.75 Å². The quantitative estimate of drug-likeness (QED) is 0.316. The lowest BCUT2D eigenvalue weighted by atomic mass is 10.0. The van der Waals surface area contributed by atoms with E-state index in [0.717, 1.165) is 30.1 Å². The van der Waals surface area contributed by atoms with Crippen LogP contribution in [0.2, 0.25) is 5.02 Å². The maximum atomic E-state index is 13.1. The van der Waals surface area contributed by atoms with Crippen LogP contribution in [0.4, 0.5) is 5.82 Å². The van der Waals surface area contributed by atoms with Crippen LogP contribution in [0.15, 0.2) is 48.5 Å². The highest BCUT2D eigenvalue weighted by Crippen LogP contribution is 2.26. The van der Waals surface area contributed by atoms with Crippen molar-refractivity contribution in [2.24, 2.45) is 5.92 Å². The van der Waals surface area contributed by atoms with Gasteiger partial charge in [-0.25, -0.2) is 0 Å². The maximum absolute atomic E-state index is 13.1. The van der Waals surface area contributed by atoms with Crippen LogP contribution in [-0.4, -0.2) is 46.8 Å². The molecule has 2 heterocycles. The number of benzene rings is 2. The largest absolute Gasteiger partial charge is 0.493 e. The topological polar surface area (TPSA) is 50.6 Å². The molecule has 0 atom stereocenters. The number of anilines is 1. The minimum Gasteiger partial charge on any atom is -0.493 e. The van der Waals surface area contributed by atoms with Gasteiger partial charge < -0.3 is 4.74 Å². The molecule has 200 valence electrons. The highest BCUT2D eigenvalue weighted by Gasteiger charge is 2.27. The van der Waals surface area contributed by atoms with Gasteiger partial charge >= 0.3 is 0 Å². The van der Waals surface area contributed by atoms with Gasteiger partial charge in [0, 0.05) is 42.0 Å². The Morgan fingerprint density at radius 1 is 1.00 bits per heavy atom. The number of carbonyl (C=O) groups excluding carboxylic acids is 1. The molecule has 1 aliphatic rings. The molecule has 0 saturated carbocycles. The van der Waals surface area contributed by atoms with E-state index in [9.17, 15) is 4.79 Å². The zero-order valence-corrected chi connectivity index (χ0v) is 24.0. The van der Waals surface area contributed by atoms with Crippen molar-refractivity contribution in [1.82, 2.24) is 14.7 Å². The molecule has 3 aromatic rings. The molecular weight excluding hydrogens is 507 g/mol. The number of rotatable bonds is 9. The molecule has 1 fully saturated rings. The number of halogens is 2. The molecule has 8 heteroatoms. The van der Waals surface area contributed by atoms with Crippen molar-refractivity contribution in [1.29, 1.82) is 0 Å². The van der Waals surface area contributed by atoms with Crippen molar-refractivity contribution < 1.29 is 9.53 Å². The Bertz CT molecular complexity index is 1190. The summed E-state index contributed by atoms with van der Waals surface area (Å²) >= 11 is 6.28. The Morgan fingerprint density at radius 3 is 2.38 bits per heavy atom. The van der Waals surface area contributed by atoms with Crippen LogP contribution in [0.5, 0.6) is 5.75 Å². The molecule has 0 bridgehead atoms. The van der Waals surface area contributed by atoms with Crippen molar-refractivity contribution >= 4 is 35.7 Å². The highest BCUT2D eigenvalue weighted by atomic mass is 35.5. The summed E-state index contributed by atoms with van der Waals surface area (Å²) in [4.78, 5) is 17.1. The predicted molar refractivity (Wildman–Crippen MR) is 153 cm³/mol. The second kappa shape index (κ2) is 12.8. The zero-order chi connectivity index (χ0) is 25.8. The van der Waals surface area contributed by atoms with E-state index in [1.54, 1.807) is 4.90 Å². The first-order valence-electron chi connectivity index (χ1n) is 12.8. The minimum absolute atomic E-state index is 0. The first-order valence-corrected chi connectivity index (χ1v) is 13.1. The molecule has 0 unspecified atom stereocenters. The molecule has 6 nitrogen and oxygen atoms in total. The Kier molecular flexibility index (Phi) is 10.0. The highest BCUT2D eigenvalue weighted by molar-refractivity contribution is 6.30. The summed E-state index contributed by atoms with van der Waals surface area (Å²) in [5, 5.41) is 5.45. The van der Waals surface area contributed by atoms with Gasteiger partial charge in [-0.2, -0.15) is 5.10 Å². The van der Waals surface area contributed by atoms with E-state index in [1.807, 2.05) is 35.9 Å². The average molecular weight is 546 g/mol. The van der Waals surface area contributed by atoms with Crippen molar-refractivity contribution in [3.63, 3.8) is 0 Å². The lowest BCUT2D eigenvalue weighted by molar-refractivity contribution is -0.121. The number of nitrogens with zero attached hydrogens (tertiary/aromatic N) is 4. The molecular formula is C29H38Cl2N4O2. The van der Waals surface area contributed by atoms with Gasteiger partial charge in [0.05, 0.1) is 19.7 Å². The molecule has 37 heavy (non-hydrogen) atoms. The number of hydrogen-bond donors (Lipinski definition) is 0. The van der Waals surface area contributed by atoms with Crippen LogP contribution in [0.3, 0.4) is 0 Å². The van der Waals surface area contributed by atoms with Crippen LogP contribution >= 0.6 is 24.0 Å². The molecule has 0 N–H and O–H groups in total. The fourth-order valence-corrected chi connectivity index (χ4v) is 4.57. The van der Waals surface area contributed by atoms with Gasteiger partial charge in [-0.05, 0) is 48.1 Å². The number of ether oxygens (including phenoxy) is 1. The molecule has 2 aromatic carbocycles. The number of amides is 1. The number of carbonyl (C=O) groups is 1. The molecule has 1 aliphatic heterocycles. The van der Waals surface area contributed by atoms with Gasteiger partial charge in [-0.15, -0.1) is 12.4 Å². The minimum atomic E-state index is 0. The van der Waals surface area contributed by atoms with E-state index < -0.39 is 0 Å². The summed E-state index contributed by atoms with van der Waals surface area (Å²) in [6.45, 7) is 14.4. The first-order chi connectivity index (χ1) is 17.2. The van der Waals surface area contributed by atoms with E-state index in [1.165, 1.54) is 11.1 Å². The van der Waals surface area contributed by atoms with Crippen molar-refractivity contribution in [3.8, 4) is 5.75 Å². The summed E-state index contributed by atoms with van der Waals surface area (Å²) < 4.78 is 7.93. The van der Waals surface area contributed by atoms with Gasteiger partial charge in [0.2, 0.25) is 5.91 Å². The monoisotopic (exact) mass is 544 g/mol. The van der Waals surface area contributed by atoms with E-state index in [4.69, 9.17) is 21.4 Å². The van der Waals surface area contributed by atoms with E-state index in [0.29, 0.717) is 48.9 Å². The molecule has 1 saturated heterocycles. The zero-order valence-electron chi connectivity index (χ0n) is 22.4. The normalized spacial score (nSPS) is 14.4.